The van der Waals surface area contributed by atoms with Gasteiger partial charge in [-0.05, 0) is 24.7 Å². The zero-order chi connectivity index (χ0) is 14.3. The van der Waals surface area contributed by atoms with Crippen molar-refractivity contribution < 1.29 is 9.59 Å². The topological polar surface area (TPSA) is 96.2 Å². The number of anilines is 2. The summed E-state index contributed by atoms with van der Waals surface area (Å²) in [7, 11) is 0. The number of primary amides is 1. The van der Waals surface area contributed by atoms with Crippen LogP contribution in [-0.2, 0) is 4.79 Å². The lowest BCUT2D eigenvalue weighted by Crippen LogP contribution is -2.30. The molecule has 104 valence electrons. The first-order valence-corrected chi connectivity index (χ1v) is 6.21. The molecule has 1 aromatic rings. The highest BCUT2D eigenvalue weighted by molar-refractivity contribution is 5.94. The summed E-state index contributed by atoms with van der Waals surface area (Å²) in [5, 5.41) is 8.37. The van der Waals surface area contributed by atoms with E-state index >= 15 is 0 Å². The van der Waals surface area contributed by atoms with Gasteiger partial charge in [-0.3, -0.25) is 4.79 Å². The van der Waals surface area contributed by atoms with Crippen LogP contribution < -0.4 is 21.7 Å². The number of hydrogen-bond donors (Lipinski definition) is 4. The van der Waals surface area contributed by atoms with E-state index in [-0.39, 0.29) is 11.8 Å². The van der Waals surface area contributed by atoms with E-state index in [1.165, 1.54) is 0 Å². The van der Waals surface area contributed by atoms with Crippen LogP contribution in [0.1, 0.15) is 13.8 Å². The quantitative estimate of drug-likeness (QED) is 0.624. The van der Waals surface area contributed by atoms with Crippen molar-refractivity contribution in [2.75, 3.05) is 23.7 Å². The van der Waals surface area contributed by atoms with Crippen LogP contribution in [0.2, 0.25) is 0 Å². The summed E-state index contributed by atoms with van der Waals surface area (Å²) in [4.78, 5) is 22.6. The smallest absolute Gasteiger partial charge is 0.316 e. The molecule has 0 spiro atoms. The Morgan fingerprint density at radius 1 is 1.26 bits per heavy atom. The van der Waals surface area contributed by atoms with Crippen molar-refractivity contribution in [1.82, 2.24) is 5.32 Å². The zero-order valence-corrected chi connectivity index (χ0v) is 11.2. The average molecular weight is 264 g/mol. The van der Waals surface area contributed by atoms with Gasteiger partial charge in [0.2, 0.25) is 5.91 Å². The zero-order valence-electron chi connectivity index (χ0n) is 11.2. The summed E-state index contributed by atoms with van der Waals surface area (Å²) in [6.07, 6.45) is 0. The van der Waals surface area contributed by atoms with Gasteiger partial charge in [-0.15, -0.1) is 0 Å². The molecule has 5 N–H and O–H groups in total. The molecule has 1 unspecified atom stereocenters. The average Bonchev–Trinajstić information content (AvgIpc) is 2.35. The van der Waals surface area contributed by atoms with Gasteiger partial charge in [0.05, 0.1) is 0 Å². The molecule has 3 amide bonds. The number of rotatable bonds is 6. The molecule has 0 saturated heterocycles. The summed E-state index contributed by atoms with van der Waals surface area (Å²) in [5.41, 5.74) is 6.20. The molecule has 1 rings (SSSR count). The molecule has 6 nitrogen and oxygen atoms in total. The first-order valence-electron chi connectivity index (χ1n) is 6.21. The normalized spacial score (nSPS) is 11.7. The van der Waals surface area contributed by atoms with Gasteiger partial charge in [0.15, 0.2) is 0 Å². The molecule has 0 aliphatic rings. The Bertz CT molecular complexity index is 448. The van der Waals surface area contributed by atoms with Crippen molar-refractivity contribution in [1.29, 1.82) is 0 Å². The van der Waals surface area contributed by atoms with E-state index in [2.05, 4.69) is 16.0 Å². The van der Waals surface area contributed by atoms with Gasteiger partial charge in [-0.25, -0.2) is 4.79 Å². The van der Waals surface area contributed by atoms with Gasteiger partial charge >= 0.3 is 6.03 Å². The molecule has 0 heterocycles. The number of urea groups is 1. The molecule has 1 aromatic carbocycles. The summed E-state index contributed by atoms with van der Waals surface area (Å²) in [6, 6.07) is 6.20. The highest BCUT2D eigenvalue weighted by Crippen LogP contribution is 2.15. The van der Waals surface area contributed by atoms with Gasteiger partial charge in [0.25, 0.3) is 0 Å². The van der Waals surface area contributed by atoms with E-state index in [4.69, 9.17) is 5.73 Å². The third-order valence-electron chi connectivity index (χ3n) is 2.55. The molecule has 0 radical (unpaired) electrons. The molecular formula is C13H20N4O2. The maximum absolute atomic E-state index is 11.9. The van der Waals surface area contributed by atoms with Gasteiger partial charge in [0, 0.05) is 23.8 Å². The molecular weight excluding hydrogens is 244 g/mol. The van der Waals surface area contributed by atoms with E-state index < -0.39 is 6.03 Å². The molecule has 1 atom stereocenters. The summed E-state index contributed by atoms with van der Waals surface area (Å²) < 4.78 is 0. The SMILES string of the molecule is CCNCC(C)C(=O)Nc1cccc(NC(N)=O)c1. The minimum absolute atomic E-state index is 0.0721. The Kier molecular flexibility index (Phi) is 5.81. The third-order valence-corrected chi connectivity index (χ3v) is 2.55. The number of nitrogens with one attached hydrogen (secondary N) is 3. The third kappa shape index (κ3) is 5.39. The van der Waals surface area contributed by atoms with Crippen LogP contribution in [0.3, 0.4) is 0 Å². The number of hydrogen-bond acceptors (Lipinski definition) is 3. The summed E-state index contributed by atoms with van der Waals surface area (Å²) in [5.74, 6) is -0.204. The van der Waals surface area contributed by atoms with Crippen LogP contribution in [0, 0.1) is 5.92 Å². The van der Waals surface area contributed by atoms with Crippen molar-refractivity contribution in [3.63, 3.8) is 0 Å². The Morgan fingerprint density at radius 3 is 2.47 bits per heavy atom. The molecule has 0 saturated carbocycles. The fraction of sp³-hybridized carbons (Fsp3) is 0.385. The van der Waals surface area contributed by atoms with Crippen LogP contribution in [0.15, 0.2) is 24.3 Å². The van der Waals surface area contributed by atoms with E-state index in [0.717, 1.165) is 6.54 Å². The number of amides is 3. The highest BCUT2D eigenvalue weighted by atomic mass is 16.2. The monoisotopic (exact) mass is 264 g/mol. The Labute approximate surface area is 112 Å². The molecule has 0 aromatic heterocycles. The molecule has 0 bridgehead atoms. The fourth-order valence-electron chi connectivity index (χ4n) is 1.54. The van der Waals surface area contributed by atoms with Crippen LogP contribution in [-0.4, -0.2) is 25.0 Å². The van der Waals surface area contributed by atoms with Gasteiger partial charge in [-0.2, -0.15) is 0 Å². The second-order valence-electron chi connectivity index (χ2n) is 4.27. The number of benzene rings is 1. The van der Waals surface area contributed by atoms with Crippen LogP contribution in [0.5, 0.6) is 0 Å². The second kappa shape index (κ2) is 7.38. The lowest BCUT2D eigenvalue weighted by Gasteiger charge is -2.13. The highest BCUT2D eigenvalue weighted by Gasteiger charge is 2.12. The maximum atomic E-state index is 11.9. The Balaban J connectivity index is 2.61. The van der Waals surface area contributed by atoms with Crippen LogP contribution >= 0.6 is 0 Å². The largest absolute Gasteiger partial charge is 0.351 e. The molecule has 6 heteroatoms. The van der Waals surface area contributed by atoms with Crippen molar-refractivity contribution in [2.24, 2.45) is 11.7 Å². The van der Waals surface area contributed by atoms with Crippen molar-refractivity contribution in [3.05, 3.63) is 24.3 Å². The van der Waals surface area contributed by atoms with Crippen molar-refractivity contribution in [2.45, 2.75) is 13.8 Å². The van der Waals surface area contributed by atoms with Gasteiger partial charge in [-0.1, -0.05) is 19.9 Å². The maximum Gasteiger partial charge on any atom is 0.316 e. The van der Waals surface area contributed by atoms with E-state index in [9.17, 15) is 9.59 Å². The summed E-state index contributed by atoms with van der Waals surface area (Å²) in [6.45, 7) is 5.30. The fourth-order valence-corrected chi connectivity index (χ4v) is 1.54. The van der Waals surface area contributed by atoms with Gasteiger partial charge in [0.1, 0.15) is 0 Å². The van der Waals surface area contributed by atoms with E-state index in [0.29, 0.717) is 17.9 Å². The van der Waals surface area contributed by atoms with Crippen LogP contribution in [0.4, 0.5) is 16.2 Å². The molecule has 19 heavy (non-hydrogen) atoms. The van der Waals surface area contributed by atoms with E-state index in [1.54, 1.807) is 24.3 Å². The predicted molar refractivity (Wildman–Crippen MR) is 76.0 cm³/mol. The first-order chi connectivity index (χ1) is 9.02. The van der Waals surface area contributed by atoms with Crippen LogP contribution in [0.25, 0.3) is 0 Å². The number of carbonyl (C=O) groups is 2. The van der Waals surface area contributed by atoms with Gasteiger partial charge < -0.3 is 21.7 Å². The number of carbonyl (C=O) groups excluding carboxylic acids is 2. The molecule has 0 aliphatic carbocycles. The minimum atomic E-state index is -0.635. The summed E-state index contributed by atoms with van der Waals surface area (Å²) >= 11 is 0. The number of nitrogens with two attached hydrogens (primary N) is 1. The van der Waals surface area contributed by atoms with Crippen molar-refractivity contribution >= 4 is 23.3 Å². The second-order valence-corrected chi connectivity index (χ2v) is 4.27. The van der Waals surface area contributed by atoms with E-state index in [1.807, 2.05) is 13.8 Å². The minimum Gasteiger partial charge on any atom is -0.351 e. The lowest BCUT2D eigenvalue weighted by molar-refractivity contribution is -0.119. The molecule has 0 aliphatic heterocycles. The molecule has 0 fully saturated rings. The standard InChI is InChI=1S/C13H20N4O2/c1-3-15-8-9(2)12(18)16-10-5-4-6-11(7-10)17-13(14)19/h4-7,9,15H,3,8H2,1-2H3,(H,16,18)(H3,14,17,19). The lowest BCUT2D eigenvalue weighted by atomic mass is 10.1. The van der Waals surface area contributed by atoms with Crippen molar-refractivity contribution in [3.8, 4) is 0 Å². The first kappa shape index (κ1) is 15.0. The Hall–Kier alpha value is -2.08. The predicted octanol–water partition coefficient (Wildman–Crippen LogP) is 1.36. The Morgan fingerprint density at radius 2 is 1.89 bits per heavy atom.